The molecule has 2 saturated carbocycles. The van der Waals surface area contributed by atoms with Crippen molar-refractivity contribution in [2.75, 3.05) is 11.9 Å². The van der Waals surface area contributed by atoms with Crippen molar-refractivity contribution in [2.45, 2.75) is 82.2 Å². The second-order valence-corrected chi connectivity index (χ2v) is 9.62. The van der Waals surface area contributed by atoms with Gasteiger partial charge in [-0.2, -0.15) is 13.2 Å². The van der Waals surface area contributed by atoms with E-state index in [9.17, 15) is 23.1 Å². The summed E-state index contributed by atoms with van der Waals surface area (Å²) < 4.78 is 41.7. The number of aromatic carboxylic acids is 1. The monoisotopic (exact) mass is 459 g/mol. The molecule has 178 valence electrons. The minimum Gasteiger partial charge on any atom is -0.478 e. The van der Waals surface area contributed by atoms with Crippen molar-refractivity contribution >= 4 is 17.3 Å². The molecule has 0 heterocycles. The quantitative estimate of drug-likeness (QED) is 0.489. The Morgan fingerprint density at radius 3 is 1.82 bits per heavy atom. The lowest BCUT2D eigenvalue weighted by molar-refractivity contribution is -0.137. The molecule has 2 fully saturated rings. The number of carboxylic acid groups (broad SMARTS) is 1. The molecule has 0 bridgehead atoms. The van der Waals surface area contributed by atoms with Crippen molar-refractivity contribution in [3.63, 3.8) is 0 Å². The van der Waals surface area contributed by atoms with Gasteiger partial charge in [0.05, 0.1) is 16.8 Å². The van der Waals surface area contributed by atoms with E-state index in [-0.39, 0.29) is 11.3 Å². The van der Waals surface area contributed by atoms with Crippen LogP contribution in [0.5, 0.6) is 0 Å². The molecule has 2 aliphatic rings. The second-order valence-electron chi connectivity index (χ2n) is 9.62. The van der Waals surface area contributed by atoms with E-state index in [1.807, 2.05) is 12.1 Å². The SMILES string of the molecule is CN(c1cc(C2CCCCC2)cc(C2CCCCC2)c1)c1ccc(C(=O)O)cc1C(F)(F)F. The van der Waals surface area contributed by atoms with Crippen molar-refractivity contribution in [1.29, 1.82) is 0 Å². The number of hydrogen-bond acceptors (Lipinski definition) is 2. The molecule has 0 amide bonds. The fraction of sp³-hybridized carbons (Fsp3) is 0.519. The van der Waals surface area contributed by atoms with E-state index >= 15 is 0 Å². The van der Waals surface area contributed by atoms with Crippen molar-refractivity contribution < 1.29 is 23.1 Å². The van der Waals surface area contributed by atoms with Crippen LogP contribution in [0.1, 0.15) is 103 Å². The number of carbonyl (C=O) groups is 1. The molecule has 3 nitrogen and oxygen atoms in total. The Balaban J connectivity index is 1.77. The maximum atomic E-state index is 13.9. The lowest BCUT2D eigenvalue weighted by atomic mass is 9.79. The van der Waals surface area contributed by atoms with Gasteiger partial charge in [-0.25, -0.2) is 4.79 Å². The van der Waals surface area contributed by atoms with E-state index in [0.29, 0.717) is 11.8 Å². The van der Waals surface area contributed by atoms with Crippen LogP contribution >= 0.6 is 0 Å². The van der Waals surface area contributed by atoms with E-state index in [1.54, 1.807) is 11.9 Å². The first-order valence-corrected chi connectivity index (χ1v) is 12.1. The fourth-order valence-corrected chi connectivity index (χ4v) is 5.52. The van der Waals surface area contributed by atoms with Gasteiger partial charge < -0.3 is 10.0 Å². The number of halogens is 3. The molecule has 0 aromatic heterocycles. The van der Waals surface area contributed by atoms with Crippen LogP contribution < -0.4 is 4.90 Å². The zero-order valence-corrected chi connectivity index (χ0v) is 19.1. The van der Waals surface area contributed by atoms with Crippen LogP contribution in [0.25, 0.3) is 0 Å². The third kappa shape index (κ3) is 5.36. The van der Waals surface area contributed by atoms with E-state index in [2.05, 4.69) is 6.07 Å². The number of anilines is 2. The largest absolute Gasteiger partial charge is 0.478 e. The third-order valence-electron chi connectivity index (χ3n) is 7.41. The molecule has 4 rings (SSSR count). The molecule has 2 aromatic rings. The fourth-order valence-electron chi connectivity index (χ4n) is 5.52. The van der Waals surface area contributed by atoms with Gasteiger partial charge in [0.15, 0.2) is 0 Å². The molecule has 33 heavy (non-hydrogen) atoms. The smallest absolute Gasteiger partial charge is 0.418 e. The molecule has 0 radical (unpaired) electrons. The zero-order chi connectivity index (χ0) is 23.6. The topological polar surface area (TPSA) is 40.5 Å². The van der Waals surface area contributed by atoms with Crippen LogP contribution in [0.3, 0.4) is 0 Å². The van der Waals surface area contributed by atoms with E-state index in [4.69, 9.17) is 0 Å². The van der Waals surface area contributed by atoms with Gasteiger partial charge in [0.1, 0.15) is 0 Å². The first kappa shape index (κ1) is 23.7. The maximum absolute atomic E-state index is 13.9. The van der Waals surface area contributed by atoms with Crippen LogP contribution in [0.2, 0.25) is 0 Å². The van der Waals surface area contributed by atoms with Gasteiger partial charge in [-0.1, -0.05) is 44.6 Å². The molecule has 0 spiro atoms. The Labute approximate surface area is 193 Å². The predicted octanol–water partition coefficient (Wildman–Crippen LogP) is 8.27. The number of hydrogen-bond donors (Lipinski definition) is 1. The molecule has 0 atom stereocenters. The summed E-state index contributed by atoms with van der Waals surface area (Å²) in [6, 6.07) is 9.67. The van der Waals surface area contributed by atoms with Crippen molar-refractivity contribution in [2.24, 2.45) is 0 Å². The van der Waals surface area contributed by atoms with Crippen molar-refractivity contribution in [1.82, 2.24) is 0 Å². The molecule has 0 unspecified atom stereocenters. The Bertz CT molecular complexity index is 953. The van der Waals surface area contributed by atoms with Gasteiger partial charge in [0, 0.05) is 12.7 Å². The summed E-state index contributed by atoms with van der Waals surface area (Å²) in [5.41, 5.74) is 1.89. The number of alkyl halides is 3. The lowest BCUT2D eigenvalue weighted by Crippen LogP contribution is -2.18. The Morgan fingerprint density at radius 1 is 0.848 bits per heavy atom. The Hall–Kier alpha value is -2.50. The minimum absolute atomic E-state index is 0.0251. The molecule has 0 saturated heterocycles. The zero-order valence-electron chi connectivity index (χ0n) is 19.1. The lowest BCUT2D eigenvalue weighted by Gasteiger charge is -2.30. The van der Waals surface area contributed by atoms with Gasteiger partial charge in [0.25, 0.3) is 0 Å². The average Bonchev–Trinajstić information content (AvgIpc) is 2.83. The van der Waals surface area contributed by atoms with Gasteiger partial charge in [-0.15, -0.1) is 0 Å². The predicted molar refractivity (Wildman–Crippen MR) is 125 cm³/mol. The van der Waals surface area contributed by atoms with Crippen molar-refractivity contribution in [3.8, 4) is 0 Å². The highest BCUT2D eigenvalue weighted by atomic mass is 19.4. The van der Waals surface area contributed by atoms with Crippen molar-refractivity contribution in [3.05, 3.63) is 58.7 Å². The van der Waals surface area contributed by atoms with Gasteiger partial charge in [-0.05, 0) is 79.0 Å². The summed E-state index contributed by atoms with van der Waals surface area (Å²) in [6.45, 7) is 0. The molecule has 0 aliphatic heterocycles. The van der Waals surface area contributed by atoms with Gasteiger partial charge >= 0.3 is 12.1 Å². The third-order valence-corrected chi connectivity index (χ3v) is 7.41. The molecule has 2 aromatic carbocycles. The molecule has 2 aliphatic carbocycles. The number of nitrogens with zero attached hydrogens (tertiary/aromatic N) is 1. The number of benzene rings is 2. The van der Waals surface area contributed by atoms with Gasteiger partial charge in [-0.3, -0.25) is 0 Å². The van der Waals surface area contributed by atoms with E-state index in [0.717, 1.165) is 37.4 Å². The van der Waals surface area contributed by atoms with Crippen LogP contribution in [0.4, 0.5) is 24.5 Å². The highest BCUT2D eigenvalue weighted by molar-refractivity contribution is 5.89. The molecular weight excluding hydrogens is 427 g/mol. The normalized spacial score (nSPS) is 18.3. The van der Waals surface area contributed by atoms with Crippen LogP contribution in [0.15, 0.2) is 36.4 Å². The summed E-state index contributed by atoms with van der Waals surface area (Å²) in [5.74, 6) is -0.467. The van der Waals surface area contributed by atoms with E-state index < -0.39 is 17.7 Å². The first-order chi connectivity index (χ1) is 15.7. The highest BCUT2D eigenvalue weighted by Gasteiger charge is 2.36. The first-order valence-electron chi connectivity index (χ1n) is 12.1. The summed E-state index contributed by atoms with van der Waals surface area (Å²) in [5, 5.41) is 9.20. The molecular formula is C27H32F3NO2. The minimum atomic E-state index is -4.65. The summed E-state index contributed by atoms with van der Waals surface area (Å²) in [4.78, 5) is 12.9. The number of carboxylic acids is 1. The maximum Gasteiger partial charge on any atom is 0.418 e. The molecule has 1 N–H and O–H groups in total. The molecule has 6 heteroatoms. The number of rotatable bonds is 5. The Kier molecular flexibility index (Phi) is 7.01. The Morgan fingerprint density at radius 2 is 1.36 bits per heavy atom. The van der Waals surface area contributed by atoms with Crippen LogP contribution in [-0.4, -0.2) is 18.1 Å². The van der Waals surface area contributed by atoms with Crippen LogP contribution in [0, 0.1) is 0 Å². The van der Waals surface area contributed by atoms with Gasteiger partial charge in [0.2, 0.25) is 0 Å². The second kappa shape index (κ2) is 9.78. The summed E-state index contributed by atoms with van der Waals surface area (Å²) >= 11 is 0. The van der Waals surface area contributed by atoms with E-state index in [1.165, 1.54) is 61.8 Å². The summed E-state index contributed by atoms with van der Waals surface area (Å²) in [6.07, 6.45) is 7.11. The average molecular weight is 460 g/mol. The highest BCUT2D eigenvalue weighted by Crippen LogP contribution is 2.43. The standard InChI is InChI=1S/C27H32F3NO2/c1-31(25-13-12-20(26(32)33)17-24(25)27(28,29)30)23-15-21(18-8-4-2-5-9-18)14-22(16-23)19-10-6-3-7-11-19/h12-19H,2-11H2,1H3,(H,32,33). The van der Waals surface area contributed by atoms with Crippen LogP contribution in [-0.2, 0) is 6.18 Å². The summed E-state index contributed by atoms with van der Waals surface area (Å²) in [7, 11) is 1.65.